The highest BCUT2D eigenvalue weighted by atomic mass is 16.5. The molecule has 0 atom stereocenters. The molecule has 1 aliphatic carbocycles. The molecule has 1 heterocycles. The van der Waals surface area contributed by atoms with Gasteiger partial charge in [-0.3, -0.25) is 0 Å². The Morgan fingerprint density at radius 1 is 1.21 bits per heavy atom. The number of esters is 1. The SMILES string of the molecule is CC1(C)COC(=O)C(=C2CCCC2)C1. The molecule has 78 valence electrons. The van der Waals surface area contributed by atoms with Gasteiger partial charge in [-0.25, -0.2) is 4.79 Å². The molecule has 0 bridgehead atoms. The second-order valence-corrected chi connectivity index (χ2v) is 5.21. The second kappa shape index (κ2) is 3.41. The number of carbonyl (C=O) groups excluding carboxylic acids is 1. The van der Waals surface area contributed by atoms with E-state index in [4.69, 9.17) is 4.74 Å². The number of rotatable bonds is 0. The van der Waals surface area contributed by atoms with Gasteiger partial charge in [-0.2, -0.15) is 0 Å². The summed E-state index contributed by atoms with van der Waals surface area (Å²) in [6.45, 7) is 4.90. The Bertz CT molecular complexity index is 279. The van der Waals surface area contributed by atoms with Gasteiger partial charge in [0.2, 0.25) is 0 Å². The van der Waals surface area contributed by atoms with Gasteiger partial charge in [0.25, 0.3) is 0 Å². The summed E-state index contributed by atoms with van der Waals surface area (Å²) in [5.74, 6) is -0.0544. The van der Waals surface area contributed by atoms with Gasteiger partial charge in [0.15, 0.2) is 0 Å². The molecular weight excluding hydrogens is 176 g/mol. The van der Waals surface area contributed by atoms with Crippen LogP contribution in [0.4, 0.5) is 0 Å². The number of carbonyl (C=O) groups is 1. The van der Waals surface area contributed by atoms with Crippen LogP contribution in [0, 0.1) is 5.41 Å². The molecule has 2 fully saturated rings. The first-order valence-corrected chi connectivity index (χ1v) is 5.46. The first-order valence-electron chi connectivity index (χ1n) is 5.46. The number of cyclic esters (lactones) is 1. The van der Waals surface area contributed by atoms with Crippen LogP contribution in [0.15, 0.2) is 11.1 Å². The van der Waals surface area contributed by atoms with Crippen LogP contribution in [0.1, 0.15) is 46.0 Å². The fraction of sp³-hybridized carbons (Fsp3) is 0.750. The smallest absolute Gasteiger partial charge is 0.333 e. The van der Waals surface area contributed by atoms with Gasteiger partial charge in [0, 0.05) is 11.0 Å². The van der Waals surface area contributed by atoms with E-state index in [-0.39, 0.29) is 11.4 Å². The lowest BCUT2D eigenvalue weighted by molar-refractivity contribution is -0.146. The molecule has 2 aliphatic rings. The van der Waals surface area contributed by atoms with Crippen LogP contribution in [-0.4, -0.2) is 12.6 Å². The van der Waals surface area contributed by atoms with Gasteiger partial charge in [-0.15, -0.1) is 0 Å². The van der Waals surface area contributed by atoms with Crippen LogP contribution in [0.25, 0.3) is 0 Å². The molecule has 0 amide bonds. The van der Waals surface area contributed by atoms with Gasteiger partial charge < -0.3 is 4.74 Å². The molecule has 0 spiro atoms. The van der Waals surface area contributed by atoms with E-state index in [0.717, 1.165) is 24.8 Å². The van der Waals surface area contributed by atoms with Gasteiger partial charge in [0.05, 0.1) is 6.61 Å². The number of ether oxygens (including phenoxy) is 1. The average Bonchev–Trinajstić information content (AvgIpc) is 2.62. The molecule has 1 saturated carbocycles. The lowest BCUT2D eigenvalue weighted by Gasteiger charge is -2.31. The van der Waals surface area contributed by atoms with E-state index in [1.807, 2.05) is 0 Å². The van der Waals surface area contributed by atoms with Crippen LogP contribution >= 0.6 is 0 Å². The molecule has 2 nitrogen and oxygen atoms in total. The highest BCUT2D eigenvalue weighted by molar-refractivity contribution is 5.90. The monoisotopic (exact) mass is 194 g/mol. The fourth-order valence-corrected chi connectivity index (χ4v) is 2.32. The third-order valence-corrected chi connectivity index (χ3v) is 3.13. The van der Waals surface area contributed by atoms with Gasteiger partial charge >= 0.3 is 5.97 Å². The summed E-state index contributed by atoms with van der Waals surface area (Å²) in [5, 5.41) is 0. The van der Waals surface area contributed by atoms with Gasteiger partial charge in [-0.1, -0.05) is 19.4 Å². The average molecular weight is 194 g/mol. The molecule has 2 rings (SSSR count). The Kier molecular flexibility index (Phi) is 2.38. The normalized spacial score (nSPS) is 26.6. The van der Waals surface area contributed by atoms with Crippen molar-refractivity contribution in [3.05, 3.63) is 11.1 Å². The molecule has 0 N–H and O–H groups in total. The summed E-state index contributed by atoms with van der Waals surface area (Å²) >= 11 is 0. The predicted octanol–water partition coefficient (Wildman–Crippen LogP) is 2.83. The van der Waals surface area contributed by atoms with Crippen LogP contribution in [0.5, 0.6) is 0 Å². The third-order valence-electron chi connectivity index (χ3n) is 3.13. The molecular formula is C12H18O2. The predicted molar refractivity (Wildman–Crippen MR) is 54.9 cm³/mol. The van der Waals surface area contributed by atoms with Crippen molar-refractivity contribution in [1.29, 1.82) is 0 Å². The van der Waals surface area contributed by atoms with E-state index >= 15 is 0 Å². The Hall–Kier alpha value is -0.790. The van der Waals surface area contributed by atoms with Crippen molar-refractivity contribution in [2.45, 2.75) is 46.0 Å². The largest absolute Gasteiger partial charge is 0.462 e. The van der Waals surface area contributed by atoms with Gasteiger partial charge in [0.1, 0.15) is 0 Å². The number of allylic oxidation sites excluding steroid dienone is 1. The molecule has 0 unspecified atom stereocenters. The van der Waals surface area contributed by atoms with Gasteiger partial charge in [-0.05, 0) is 32.1 Å². The molecule has 0 aromatic heterocycles. The maximum absolute atomic E-state index is 11.6. The Balaban J connectivity index is 2.23. The first kappa shape index (κ1) is 9.75. The number of hydrogen-bond donors (Lipinski definition) is 0. The second-order valence-electron chi connectivity index (χ2n) is 5.21. The summed E-state index contributed by atoms with van der Waals surface area (Å²) in [4.78, 5) is 11.6. The highest BCUT2D eigenvalue weighted by Crippen LogP contribution is 2.37. The number of hydrogen-bond acceptors (Lipinski definition) is 2. The molecule has 1 saturated heterocycles. The summed E-state index contributed by atoms with van der Waals surface area (Å²) in [7, 11) is 0. The minimum absolute atomic E-state index is 0.0544. The molecule has 1 aliphatic heterocycles. The first-order chi connectivity index (χ1) is 6.58. The van der Waals surface area contributed by atoms with Crippen LogP contribution in [0.2, 0.25) is 0 Å². The lowest BCUT2D eigenvalue weighted by atomic mass is 9.82. The van der Waals surface area contributed by atoms with Crippen LogP contribution in [-0.2, 0) is 9.53 Å². The zero-order valence-electron chi connectivity index (χ0n) is 9.06. The third kappa shape index (κ3) is 1.84. The Morgan fingerprint density at radius 2 is 1.86 bits per heavy atom. The topological polar surface area (TPSA) is 26.3 Å². The molecule has 2 heteroatoms. The molecule has 0 aromatic rings. The van der Waals surface area contributed by atoms with E-state index in [9.17, 15) is 4.79 Å². The lowest BCUT2D eigenvalue weighted by Crippen LogP contribution is -2.31. The summed E-state index contributed by atoms with van der Waals surface area (Å²) in [6, 6.07) is 0. The van der Waals surface area contributed by atoms with Crippen LogP contribution in [0.3, 0.4) is 0 Å². The summed E-state index contributed by atoms with van der Waals surface area (Å²) < 4.78 is 5.22. The standard InChI is InChI=1S/C12H18O2/c1-12(2)7-10(11(13)14-8-12)9-5-3-4-6-9/h3-8H2,1-2H3. The van der Waals surface area contributed by atoms with Crippen molar-refractivity contribution in [3.8, 4) is 0 Å². The summed E-state index contributed by atoms with van der Waals surface area (Å²) in [5.41, 5.74) is 2.49. The van der Waals surface area contributed by atoms with Crippen molar-refractivity contribution in [2.24, 2.45) is 5.41 Å². The van der Waals surface area contributed by atoms with Crippen LogP contribution < -0.4 is 0 Å². The van der Waals surface area contributed by atoms with E-state index in [1.54, 1.807) is 0 Å². The Labute approximate surface area is 85.3 Å². The van der Waals surface area contributed by atoms with E-state index in [2.05, 4.69) is 13.8 Å². The maximum Gasteiger partial charge on any atom is 0.333 e. The van der Waals surface area contributed by atoms with E-state index < -0.39 is 0 Å². The van der Waals surface area contributed by atoms with Crippen molar-refractivity contribution in [2.75, 3.05) is 6.61 Å². The van der Waals surface area contributed by atoms with E-state index in [0.29, 0.717) is 6.61 Å². The maximum atomic E-state index is 11.6. The zero-order chi connectivity index (χ0) is 10.2. The minimum Gasteiger partial charge on any atom is -0.462 e. The van der Waals surface area contributed by atoms with Crippen molar-refractivity contribution in [1.82, 2.24) is 0 Å². The van der Waals surface area contributed by atoms with Crippen molar-refractivity contribution in [3.63, 3.8) is 0 Å². The fourth-order valence-electron chi connectivity index (χ4n) is 2.32. The van der Waals surface area contributed by atoms with E-state index in [1.165, 1.54) is 18.4 Å². The zero-order valence-corrected chi connectivity index (χ0v) is 9.06. The molecule has 0 aromatic carbocycles. The summed E-state index contributed by atoms with van der Waals surface area (Å²) in [6.07, 6.45) is 5.61. The minimum atomic E-state index is -0.0544. The van der Waals surface area contributed by atoms with Crippen molar-refractivity contribution >= 4 is 5.97 Å². The Morgan fingerprint density at radius 3 is 2.50 bits per heavy atom. The quantitative estimate of drug-likeness (QED) is 0.438. The molecule has 0 radical (unpaired) electrons. The highest BCUT2D eigenvalue weighted by Gasteiger charge is 2.33. The molecule has 14 heavy (non-hydrogen) atoms. The van der Waals surface area contributed by atoms with Crippen molar-refractivity contribution < 1.29 is 9.53 Å².